The fourth-order valence-electron chi connectivity index (χ4n) is 1.66. The molecule has 0 saturated heterocycles. The molecule has 0 aliphatic heterocycles. The van der Waals surface area contributed by atoms with Crippen molar-refractivity contribution < 1.29 is 24.3 Å². The van der Waals surface area contributed by atoms with Crippen molar-refractivity contribution in [3.8, 4) is 0 Å². The van der Waals surface area contributed by atoms with E-state index in [-0.39, 0.29) is 11.5 Å². The fraction of sp³-hybridized carbons (Fsp3) is 0.583. The molecular formula is C12H18N2O5. The lowest BCUT2D eigenvalue weighted by molar-refractivity contribution is -0.141. The summed E-state index contributed by atoms with van der Waals surface area (Å²) in [5, 5.41) is 24.2. The van der Waals surface area contributed by atoms with Crippen LogP contribution in [0.25, 0.3) is 0 Å². The van der Waals surface area contributed by atoms with Crippen molar-refractivity contribution in [2.45, 2.75) is 45.8 Å². The molecule has 1 aromatic heterocycles. The predicted octanol–water partition coefficient (Wildman–Crippen LogP) is 0.670. The maximum atomic E-state index is 12.1. The fourth-order valence-corrected chi connectivity index (χ4v) is 1.66. The Morgan fingerprint density at radius 1 is 1.32 bits per heavy atom. The number of carbonyl (C=O) groups excluding carboxylic acids is 1. The Hall–Kier alpha value is -1.89. The number of amides is 1. The molecule has 0 saturated carbocycles. The van der Waals surface area contributed by atoms with Crippen molar-refractivity contribution in [3.05, 3.63) is 17.0 Å². The SMILES string of the molecule is Cc1noc(C(C)C)c1C(=O)NC(C(=O)O)C(C)O. The van der Waals surface area contributed by atoms with E-state index in [1.165, 1.54) is 6.92 Å². The van der Waals surface area contributed by atoms with E-state index in [0.29, 0.717) is 11.5 Å². The van der Waals surface area contributed by atoms with Crippen molar-refractivity contribution >= 4 is 11.9 Å². The molecule has 3 N–H and O–H groups in total. The zero-order valence-corrected chi connectivity index (χ0v) is 11.3. The van der Waals surface area contributed by atoms with E-state index in [4.69, 9.17) is 9.63 Å². The Morgan fingerprint density at radius 3 is 2.32 bits per heavy atom. The van der Waals surface area contributed by atoms with Gasteiger partial charge in [-0.2, -0.15) is 0 Å². The maximum absolute atomic E-state index is 12.1. The molecule has 1 heterocycles. The minimum Gasteiger partial charge on any atom is -0.480 e. The first kappa shape index (κ1) is 15.2. The molecule has 0 fully saturated rings. The summed E-state index contributed by atoms with van der Waals surface area (Å²) in [6.07, 6.45) is -1.20. The van der Waals surface area contributed by atoms with Gasteiger partial charge in [-0.15, -0.1) is 0 Å². The largest absolute Gasteiger partial charge is 0.480 e. The van der Waals surface area contributed by atoms with Crippen molar-refractivity contribution in [2.24, 2.45) is 0 Å². The van der Waals surface area contributed by atoms with Crippen LogP contribution in [0.15, 0.2) is 4.52 Å². The van der Waals surface area contributed by atoms with Crippen LogP contribution in [0.5, 0.6) is 0 Å². The zero-order chi connectivity index (χ0) is 14.7. The summed E-state index contributed by atoms with van der Waals surface area (Å²) in [6, 6.07) is -1.37. The summed E-state index contributed by atoms with van der Waals surface area (Å²) in [7, 11) is 0. The number of aromatic nitrogens is 1. The van der Waals surface area contributed by atoms with Gasteiger partial charge in [0.05, 0.1) is 11.8 Å². The van der Waals surface area contributed by atoms with E-state index >= 15 is 0 Å². The standard InChI is InChI=1S/C12H18N2O5/c1-5(2)10-8(6(3)14-19-10)11(16)13-9(7(4)15)12(17)18/h5,7,9,15H,1-4H3,(H,13,16)(H,17,18). The lowest BCUT2D eigenvalue weighted by Gasteiger charge is -2.17. The molecule has 0 aliphatic rings. The third-order valence-corrected chi connectivity index (χ3v) is 2.68. The first-order chi connectivity index (χ1) is 8.75. The van der Waals surface area contributed by atoms with Crippen LogP contribution in [0.1, 0.15) is 48.5 Å². The Morgan fingerprint density at radius 2 is 1.89 bits per heavy atom. The smallest absolute Gasteiger partial charge is 0.328 e. The van der Waals surface area contributed by atoms with E-state index in [1.807, 2.05) is 13.8 Å². The molecule has 7 heteroatoms. The highest BCUT2D eigenvalue weighted by atomic mass is 16.5. The van der Waals surface area contributed by atoms with Gasteiger partial charge in [0.25, 0.3) is 5.91 Å². The van der Waals surface area contributed by atoms with Gasteiger partial charge in [0.1, 0.15) is 5.56 Å². The van der Waals surface area contributed by atoms with Gasteiger partial charge in [-0.05, 0) is 13.8 Å². The zero-order valence-electron chi connectivity index (χ0n) is 11.3. The molecule has 0 aliphatic carbocycles. The molecular weight excluding hydrogens is 252 g/mol. The van der Waals surface area contributed by atoms with Crippen molar-refractivity contribution in [3.63, 3.8) is 0 Å². The van der Waals surface area contributed by atoms with Crippen LogP contribution in [-0.2, 0) is 4.79 Å². The van der Waals surface area contributed by atoms with Gasteiger partial charge in [0, 0.05) is 5.92 Å². The number of hydrogen-bond donors (Lipinski definition) is 3. The average molecular weight is 270 g/mol. The number of nitrogens with zero attached hydrogens (tertiary/aromatic N) is 1. The molecule has 0 spiro atoms. The lowest BCUT2D eigenvalue weighted by Crippen LogP contribution is -2.47. The number of aliphatic hydroxyl groups is 1. The Balaban J connectivity index is 3.01. The van der Waals surface area contributed by atoms with Crippen molar-refractivity contribution in [2.75, 3.05) is 0 Å². The highest BCUT2D eigenvalue weighted by Gasteiger charge is 2.29. The van der Waals surface area contributed by atoms with Gasteiger partial charge in [0.15, 0.2) is 11.8 Å². The van der Waals surface area contributed by atoms with Crippen LogP contribution in [-0.4, -0.2) is 39.4 Å². The van der Waals surface area contributed by atoms with Crippen molar-refractivity contribution in [1.29, 1.82) is 0 Å². The minimum atomic E-state index is -1.37. The number of carboxylic acids is 1. The van der Waals surface area contributed by atoms with Gasteiger partial charge in [-0.1, -0.05) is 19.0 Å². The van der Waals surface area contributed by atoms with Crippen LogP contribution in [0.3, 0.4) is 0 Å². The summed E-state index contributed by atoms with van der Waals surface area (Å²) in [5.41, 5.74) is 0.609. The van der Waals surface area contributed by atoms with E-state index in [2.05, 4.69) is 10.5 Å². The second-order valence-electron chi connectivity index (χ2n) is 4.69. The number of aliphatic hydroxyl groups excluding tert-OH is 1. The number of rotatable bonds is 5. The van der Waals surface area contributed by atoms with Crippen LogP contribution in [0.2, 0.25) is 0 Å². The van der Waals surface area contributed by atoms with Gasteiger partial charge in [0.2, 0.25) is 0 Å². The molecule has 19 heavy (non-hydrogen) atoms. The molecule has 1 aromatic rings. The van der Waals surface area contributed by atoms with Crippen molar-refractivity contribution in [1.82, 2.24) is 10.5 Å². The van der Waals surface area contributed by atoms with E-state index < -0.39 is 24.0 Å². The number of aliphatic carboxylic acids is 1. The summed E-state index contributed by atoms with van der Waals surface area (Å²) in [6.45, 7) is 6.56. The minimum absolute atomic E-state index is 0.0585. The van der Waals surface area contributed by atoms with Gasteiger partial charge >= 0.3 is 5.97 Å². The summed E-state index contributed by atoms with van der Waals surface area (Å²) in [4.78, 5) is 23.0. The topological polar surface area (TPSA) is 113 Å². The first-order valence-electron chi connectivity index (χ1n) is 5.93. The number of carboxylic acid groups (broad SMARTS) is 1. The molecule has 0 radical (unpaired) electrons. The normalized spacial score (nSPS) is 14.2. The second-order valence-corrected chi connectivity index (χ2v) is 4.69. The molecule has 7 nitrogen and oxygen atoms in total. The Bertz CT molecular complexity index is 478. The molecule has 106 valence electrons. The van der Waals surface area contributed by atoms with Crippen LogP contribution < -0.4 is 5.32 Å². The van der Waals surface area contributed by atoms with E-state index in [0.717, 1.165) is 0 Å². The third kappa shape index (κ3) is 3.31. The number of carbonyl (C=O) groups is 2. The molecule has 2 unspecified atom stereocenters. The Labute approximate surface area is 110 Å². The average Bonchev–Trinajstić information content (AvgIpc) is 2.66. The Kier molecular flexibility index (Phi) is 4.66. The summed E-state index contributed by atoms with van der Waals surface area (Å²) < 4.78 is 5.06. The summed E-state index contributed by atoms with van der Waals surface area (Å²) >= 11 is 0. The van der Waals surface area contributed by atoms with Gasteiger partial charge in [-0.3, -0.25) is 4.79 Å². The van der Waals surface area contributed by atoms with Gasteiger partial charge in [-0.25, -0.2) is 4.79 Å². The van der Waals surface area contributed by atoms with Crippen LogP contribution in [0, 0.1) is 6.92 Å². The molecule has 2 atom stereocenters. The quantitative estimate of drug-likeness (QED) is 0.724. The second kappa shape index (κ2) is 5.83. The van der Waals surface area contributed by atoms with E-state index in [9.17, 15) is 14.7 Å². The maximum Gasteiger partial charge on any atom is 0.328 e. The molecule has 0 aromatic carbocycles. The molecule has 1 amide bonds. The van der Waals surface area contributed by atoms with Crippen LogP contribution >= 0.6 is 0 Å². The number of nitrogens with one attached hydrogen (secondary N) is 1. The molecule has 0 bridgehead atoms. The highest BCUT2D eigenvalue weighted by Crippen LogP contribution is 2.22. The van der Waals surface area contributed by atoms with Crippen LogP contribution in [0.4, 0.5) is 0 Å². The van der Waals surface area contributed by atoms with Gasteiger partial charge < -0.3 is 20.1 Å². The first-order valence-corrected chi connectivity index (χ1v) is 5.93. The van der Waals surface area contributed by atoms with E-state index in [1.54, 1.807) is 6.92 Å². The monoisotopic (exact) mass is 270 g/mol. The predicted molar refractivity (Wildman–Crippen MR) is 65.9 cm³/mol. The molecule has 1 rings (SSSR count). The number of aryl methyl sites for hydroxylation is 1. The summed E-state index contributed by atoms with van der Waals surface area (Å²) in [5.74, 6) is -1.58. The lowest BCUT2D eigenvalue weighted by atomic mass is 10.0. The number of hydrogen-bond acceptors (Lipinski definition) is 5. The third-order valence-electron chi connectivity index (χ3n) is 2.68. The highest BCUT2D eigenvalue weighted by molar-refractivity contribution is 5.98.